The molecule has 0 fully saturated rings. The highest BCUT2D eigenvalue weighted by molar-refractivity contribution is 5.49. The molecule has 0 saturated heterocycles. The minimum Gasteiger partial charge on any atom is -0.372 e. The number of hydrogen-bond acceptors (Lipinski definition) is 1. The fraction of sp³-hybridized carbons (Fsp3) is 0.333. The summed E-state index contributed by atoms with van der Waals surface area (Å²) in [5.74, 6) is 0. The Hall–Kier alpha value is -1.76. The van der Waals surface area contributed by atoms with E-state index in [-0.39, 0.29) is 0 Å². The Balaban J connectivity index is 2.23. The van der Waals surface area contributed by atoms with Crippen molar-refractivity contribution in [1.82, 2.24) is 4.90 Å². The van der Waals surface area contributed by atoms with Crippen LogP contribution in [0.25, 0.3) is 0 Å². The van der Waals surface area contributed by atoms with Crippen LogP contribution >= 0.6 is 0 Å². The van der Waals surface area contributed by atoms with Gasteiger partial charge in [-0.1, -0.05) is 43.0 Å². The van der Waals surface area contributed by atoms with E-state index in [0.717, 1.165) is 31.5 Å². The van der Waals surface area contributed by atoms with Crippen molar-refractivity contribution in [3.8, 4) is 0 Å². The van der Waals surface area contributed by atoms with Gasteiger partial charge in [0.2, 0.25) is 0 Å². The number of likely N-dealkylation sites (N-methyl/N-ethyl adjacent to an activating group) is 1. The van der Waals surface area contributed by atoms with E-state index in [2.05, 4.69) is 67.9 Å². The lowest BCUT2D eigenvalue weighted by molar-refractivity contribution is 0.388. The Labute approximate surface area is 117 Å². The predicted octanol–water partition coefficient (Wildman–Crippen LogP) is 4.54. The molecule has 0 aromatic heterocycles. The Morgan fingerprint density at radius 2 is 1.68 bits per heavy atom. The molecule has 1 heteroatoms. The topological polar surface area (TPSA) is 3.24 Å². The maximum Gasteiger partial charge on any atom is 0.0407 e. The van der Waals surface area contributed by atoms with E-state index >= 15 is 0 Å². The Bertz CT molecular complexity index is 494. The second-order valence-electron chi connectivity index (χ2n) is 4.88. The fourth-order valence-corrected chi connectivity index (χ4v) is 2.53. The van der Waals surface area contributed by atoms with Gasteiger partial charge in [-0.25, -0.2) is 0 Å². The lowest BCUT2D eigenvalue weighted by Gasteiger charge is -2.26. The molecule has 0 aromatic rings. The first kappa shape index (κ1) is 13.7. The first-order chi connectivity index (χ1) is 9.26. The molecule has 1 nitrogen and oxygen atoms in total. The highest BCUT2D eigenvalue weighted by Crippen LogP contribution is 2.27. The van der Waals surface area contributed by atoms with Crippen molar-refractivity contribution in [2.75, 3.05) is 13.1 Å². The average molecular weight is 253 g/mol. The van der Waals surface area contributed by atoms with Crippen LogP contribution in [0, 0.1) is 0 Å². The molecule has 0 atom stereocenters. The predicted molar refractivity (Wildman–Crippen MR) is 83.8 cm³/mol. The molecule has 0 bridgehead atoms. The van der Waals surface area contributed by atoms with Gasteiger partial charge in [-0.15, -0.1) is 0 Å². The van der Waals surface area contributed by atoms with E-state index in [9.17, 15) is 0 Å². The summed E-state index contributed by atoms with van der Waals surface area (Å²) in [6, 6.07) is 0. The van der Waals surface area contributed by atoms with E-state index in [4.69, 9.17) is 0 Å². The lowest BCUT2D eigenvalue weighted by Crippen LogP contribution is -2.23. The minimum atomic E-state index is 1.01. The summed E-state index contributed by atoms with van der Waals surface area (Å²) in [6.07, 6.45) is 17.3. The maximum atomic E-state index is 4.24. The van der Waals surface area contributed by atoms with Crippen LogP contribution < -0.4 is 0 Å². The van der Waals surface area contributed by atoms with E-state index in [1.165, 1.54) is 16.8 Å². The van der Waals surface area contributed by atoms with Crippen LogP contribution in [0.1, 0.15) is 26.7 Å². The molecule has 19 heavy (non-hydrogen) atoms. The van der Waals surface area contributed by atoms with Gasteiger partial charge in [0.1, 0.15) is 0 Å². The molecule has 0 N–H and O–H groups in total. The SMILES string of the molecule is C=C(/C=C(\C1=CC=CC1)N(CC)CC)C1=CC=CC1. The fourth-order valence-electron chi connectivity index (χ4n) is 2.53. The third kappa shape index (κ3) is 3.17. The van der Waals surface area contributed by atoms with Gasteiger partial charge >= 0.3 is 0 Å². The number of rotatable bonds is 6. The van der Waals surface area contributed by atoms with Crippen molar-refractivity contribution >= 4 is 0 Å². The Morgan fingerprint density at radius 3 is 2.16 bits per heavy atom. The second-order valence-corrected chi connectivity index (χ2v) is 4.88. The van der Waals surface area contributed by atoms with Gasteiger partial charge < -0.3 is 4.90 Å². The van der Waals surface area contributed by atoms with Crippen molar-refractivity contribution < 1.29 is 0 Å². The zero-order valence-corrected chi connectivity index (χ0v) is 12.0. The average Bonchev–Trinajstić information content (AvgIpc) is 3.12. The molecule has 100 valence electrons. The molecule has 0 spiro atoms. The van der Waals surface area contributed by atoms with Crippen molar-refractivity contribution in [2.24, 2.45) is 0 Å². The molecule has 2 rings (SSSR count). The summed E-state index contributed by atoms with van der Waals surface area (Å²) >= 11 is 0. The van der Waals surface area contributed by atoms with Crippen LogP contribution in [0.5, 0.6) is 0 Å². The van der Waals surface area contributed by atoms with Crippen LogP contribution in [-0.4, -0.2) is 18.0 Å². The zero-order chi connectivity index (χ0) is 13.7. The summed E-state index contributed by atoms with van der Waals surface area (Å²) in [5.41, 5.74) is 5.19. The second kappa shape index (κ2) is 6.42. The molecule has 0 saturated carbocycles. The van der Waals surface area contributed by atoms with Crippen LogP contribution in [-0.2, 0) is 0 Å². The van der Waals surface area contributed by atoms with Gasteiger partial charge in [0.15, 0.2) is 0 Å². The first-order valence-electron chi connectivity index (χ1n) is 7.14. The Morgan fingerprint density at radius 1 is 1.11 bits per heavy atom. The molecule has 2 aliphatic rings. The van der Waals surface area contributed by atoms with Gasteiger partial charge in [0, 0.05) is 18.8 Å². The summed E-state index contributed by atoms with van der Waals surface area (Å²) in [5, 5.41) is 0. The van der Waals surface area contributed by atoms with Crippen molar-refractivity contribution in [3.05, 3.63) is 71.5 Å². The minimum absolute atomic E-state index is 1.01. The number of nitrogens with zero attached hydrogens (tertiary/aromatic N) is 1. The summed E-state index contributed by atoms with van der Waals surface area (Å²) in [4.78, 5) is 2.41. The molecular formula is C18H23N. The van der Waals surface area contributed by atoms with Crippen LogP contribution in [0.3, 0.4) is 0 Å². The van der Waals surface area contributed by atoms with Gasteiger partial charge in [0.25, 0.3) is 0 Å². The van der Waals surface area contributed by atoms with E-state index in [1.54, 1.807) is 0 Å². The molecule has 0 radical (unpaired) electrons. The Kier molecular flexibility index (Phi) is 4.62. The third-order valence-electron chi connectivity index (χ3n) is 3.70. The molecule has 0 heterocycles. The molecular weight excluding hydrogens is 230 g/mol. The smallest absolute Gasteiger partial charge is 0.0407 e. The molecule has 2 aliphatic carbocycles. The van der Waals surface area contributed by atoms with E-state index < -0.39 is 0 Å². The summed E-state index contributed by atoms with van der Waals surface area (Å²) in [7, 11) is 0. The quantitative estimate of drug-likeness (QED) is 0.628. The standard InChI is InChI=1S/C18H23N/c1-4-19(5-2)18(17-12-8-9-13-17)14-15(3)16-10-6-7-11-16/h6-10,12,14H,3-5,11,13H2,1-2H3/b18-14+. The maximum absolute atomic E-state index is 4.24. The largest absolute Gasteiger partial charge is 0.372 e. The monoisotopic (exact) mass is 253 g/mol. The van der Waals surface area contributed by atoms with Gasteiger partial charge in [-0.05, 0) is 49.5 Å². The number of hydrogen-bond donors (Lipinski definition) is 0. The summed E-state index contributed by atoms with van der Waals surface area (Å²) in [6.45, 7) is 10.7. The lowest BCUT2D eigenvalue weighted by atomic mass is 10.0. The van der Waals surface area contributed by atoms with Crippen molar-refractivity contribution in [2.45, 2.75) is 26.7 Å². The normalized spacial score (nSPS) is 17.7. The third-order valence-corrected chi connectivity index (χ3v) is 3.70. The number of allylic oxidation sites excluding steroid dienone is 10. The molecule has 0 unspecified atom stereocenters. The highest BCUT2D eigenvalue weighted by Gasteiger charge is 2.13. The van der Waals surface area contributed by atoms with Crippen LogP contribution in [0.15, 0.2) is 71.5 Å². The van der Waals surface area contributed by atoms with Crippen LogP contribution in [0.2, 0.25) is 0 Å². The first-order valence-corrected chi connectivity index (χ1v) is 7.14. The highest BCUT2D eigenvalue weighted by atomic mass is 15.1. The van der Waals surface area contributed by atoms with Gasteiger partial charge in [0.05, 0.1) is 0 Å². The van der Waals surface area contributed by atoms with E-state index in [1.807, 2.05) is 0 Å². The molecule has 0 amide bonds. The molecule has 0 aliphatic heterocycles. The van der Waals surface area contributed by atoms with Crippen molar-refractivity contribution in [1.29, 1.82) is 0 Å². The van der Waals surface area contributed by atoms with Crippen LogP contribution in [0.4, 0.5) is 0 Å². The molecule has 0 aromatic carbocycles. The van der Waals surface area contributed by atoms with Crippen molar-refractivity contribution in [3.63, 3.8) is 0 Å². The van der Waals surface area contributed by atoms with E-state index in [0.29, 0.717) is 0 Å². The van der Waals surface area contributed by atoms with Gasteiger partial charge in [-0.2, -0.15) is 0 Å². The zero-order valence-electron chi connectivity index (χ0n) is 12.0. The van der Waals surface area contributed by atoms with Gasteiger partial charge in [-0.3, -0.25) is 0 Å². The summed E-state index contributed by atoms with van der Waals surface area (Å²) < 4.78 is 0.